The summed E-state index contributed by atoms with van der Waals surface area (Å²) in [7, 11) is 0. The van der Waals surface area contributed by atoms with E-state index in [0.29, 0.717) is 6.54 Å². The Morgan fingerprint density at radius 2 is 1.90 bits per heavy atom. The SMILES string of the molecule is CCNC(=O)N1CCC2(CC1)SCCN2C(=O)C(C)C. The Labute approximate surface area is 125 Å². The van der Waals surface area contributed by atoms with Crippen LogP contribution in [0.25, 0.3) is 0 Å². The second-order valence-corrected chi connectivity index (χ2v) is 7.22. The Morgan fingerprint density at radius 3 is 2.45 bits per heavy atom. The fraction of sp³-hybridized carbons (Fsp3) is 0.857. The number of urea groups is 1. The van der Waals surface area contributed by atoms with Crippen molar-refractivity contribution >= 4 is 23.7 Å². The molecule has 0 aromatic carbocycles. The number of amides is 3. The van der Waals surface area contributed by atoms with Gasteiger partial charge in [0.2, 0.25) is 5.91 Å². The molecule has 0 radical (unpaired) electrons. The normalized spacial score (nSPS) is 21.6. The second kappa shape index (κ2) is 6.24. The first-order valence-corrected chi connectivity index (χ1v) is 8.47. The van der Waals surface area contributed by atoms with Crippen LogP contribution in [0.3, 0.4) is 0 Å². The van der Waals surface area contributed by atoms with Gasteiger partial charge in [-0.3, -0.25) is 4.79 Å². The molecule has 2 aliphatic heterocycles. The minimum absolute atomic E-state index is 0.0204. The smallest absolute Gasteiger partial charge is 0.317 e. The lowest BCUT2D eigenvalue weighted by molar-refractivity contribution is -0.137. The highest BCUT2D eigenvalue weighted by Gasteiger charge is 2.47. The van der Waals surface area contributed by atoms with Crippen LogP contribution < -0.4 is 5.32 Å². The molecule has 5 nitrogen and oxygen atoms in total. The summed E-state index contributed by atoms with van der Waals surface area (Å²) in [5.74, 6) is 1.31. The summed E-state index contributed by atoms with van der Waals surface area (Å²) >= 11 is 1.89. The van der Waals surface area contributed by atoms with E-state index in [0.717, 1.165) is 38.2 Å². The number of carbonyl (C=O) groups is 2. The molecule has 0 aliphatic carbocycles. The molecule has 1 spiro atoms. The van der Waals surface area contributed by atoms with E-state index in [1.165, 1.54) is 0 Å². The van der Waals surface area contributed by atoms with Gasteiger partial charge < -0.3 is 15.1 Å². The van der Waals surface area contributed by atoms with Crippen molar-refractivity contribution in [3.8, 4) is 0 Å². The van der Waals surface area contributed by atoms with E-state index in [1.807, 2.05) is 37.4 Å². The summed E-state index contributed by atoms with van der Waals surface area (Å²) in [5, 5.41) is 2.85. The highest BCUT2D eigenvalue weighted by Crippen LogP contribution is 2.44. The summed E-state index contributed by atoms with van der Waals surface area (Å²) in [6, 6.07) is 0.0204. The molecule has 1 N–H and O–H groups in total. The second-order valence-electron chi connectivity index (χ2n) is 5.76. The Bertz CT molecular complexity index is 379. The summed E-state index contributed by atoms with van der Waals surface area (Å²) in [5.41, 5.74) is 0. The molecule has 2 heterocycles. The number of likely N-dealkylation sites (tertiary alicyclic amines) is 1. The molecule has 2 rings (SSSR count). The molecule has 3 amide bonds. The van der Waals surface area contributed by atoms with Crippen LogP contribution in [0, 0.1) is 5.92 Å². The van der Waals surface area contributed by atoms with Crippen LogP contribution in [-0.2, 0) is 4.79 Å². The van der Waals surface area contributed by atoms with E-state index in [9.17, 15) is 9.59 Å². The van der Waals surface area contributed by atoms with Crippen LogP contribution >= 0.6 is 11.8 Å². The molecule has 0 aromatic heterocycles. The molecule has 2 saturated heterocycles. The number of nitrogens with zero attached hydrogens (tertiary/aromatic N) is 2. The van der Waals surface area contributed by atoms with Gasteiger partial charge in [0.05, 0.1) is 4.87 Å². The largest absolute Gasteiger partial charge is 0.338 e. The first-order chi connectivity index (χ1) is 9.50. The zero-order valence-corrected chi connectivity index (χ0v) is 13.5. The molecule has 0 unspecified atom stereocenters. The van der Waals surface area contributed by atoms with Gasteiger partial charge in [0.25, 0.3) is 0 Å². The quantitative estimate of drug-likeness (QED) is 0.845. The summed E-state index contributed by atoms with van der Waals surface area (Å²) in [6.45, 7) is 8.84. The maximum atomic E-state index is 12.4. The minimum atomic E-state index is -0.0651. The van der Waals surface area contributed by atoms with E-state index >= 15 is 0 Å². The van der Waals surface area contributed by atoms with Gasteiger partial charge in [-0.05, 0) is 19.8 Å². The number of piperidine rings is 1. The van der Waals surface area contributed by atoms with Crippen molar-refractivity contribution in [1.29, 1.82) is 0 Å². The lowest BCUT2D eigenvalue weighted by Gasteiger charge is -2.44. The van der Waals surface area contributed by atoms with Gasteiger partial charge >= 0.3 is 6.03 Å². The topological polar surface area (TPSA) is 52.7 Å². The van der Waals surface area contributed by atoms with Crippen molar-refractivity contribution in [2.75, 3.05) is 31.9 Å². The maximum absolute atomic E-state index is 12.4. The molecular formula is C14H25N3O2S. The highest BCUT2D eigenvalue weighted by atomic mass is 32.2. The number of carbonyl (C=O) groups excluding carboxylic acids is 2. The minimum Gasteiger partial charge on any atom is -0.338 e. The first-order valence-electron chi connectivity index (χ1n) is 7.48. The number of thioether (sulfide) groups is 1. The molecule has 0 saturated carbocycles. The van der Waals surface area contributed by atoms with Gasteiger partial charge in [-0.15, -0.1) is 11.8 Å². The Morgan fingerprint density at radius 1 is 1.25 bits per heavy atom. The molecule has 0 bridgehead atoms. The number of rotatable bonds is 2. The maximum Gasteiger partial charge on any atom is 0.317 e. The summed E-state index contributed by atoms with van der Waals surface area (Å²) < 4.78 is 0. The molecule has 6 heteroatoms. The fourth-order valence-electron chi connectivity index (χ4n) is 2.97. The van der Waals surface area contributed by atoms with E-state index in [2.05, 4.69) is 10.2 Å². The van der Waals surface area contributed by atoms with Crippen LogP contribution in [0.5, 0.6) is 0 Å². The lowest BCUT2D eigenvalue weighted by Crippen LogP contribution is -2.55. The average molecular weight is 299 g/mol. The van der Waals surface area contributed by atoms with Gasteiger partial charge in [-0.1, -0.05) is 13.8 Å². The van der Waals surface area contributed by atoms with Crippen molar-refractivity contribution in [1.82, 2.24) is 15.1 Å². The van der Waals surface area contributed by atoms with E-state index in [4.69, 9.17) is 0 Å². The molecule has 0 atom stereocenters. The van der Waals surface area contributed by atoms with Crippen molar-refractivity contribution < 1.29 is 9.59 Å². The van der Waals surface area contributed by atoms with Crippen LogP contribution in [0.1, 0.15) is 33.6 Å². The molecular weight excluding hydrogens is 274 g/mol. The van der Waals surface area contributed by atoms with E-state index in [-0.39, 0.29) is 22.7 Å². The zero-order chi connectivity index (χ0) is 14.8. The van der Waals surface area contributed by atoms with Crippen LogP contribution in [0.4, 0.5) is 4.79 Å². The lowest BCUT2D eigenvalue weighted by atomic mass is 10.0. The van der Waals surface area contributed by atoms with E-state index in [1.54, 1.807) is 0 Å². The predicted octanol–water partition coefficient (Wildman–Crippen LogP) is 1.74. The molecule has 2 aliphatic rings. The van der Waals surface area contributed by atoms with Crippen LogP contribution in [0.2, 0.25) is 0 Å². The Balaban J connectivity index is 2.00. The molecule has 0 aromatic rings. The van der Waals surface area contributed by atoms with Crippen molar-refractivity contribution in [3.63, 3.8) is 0 Å². The zero-order valence-electron chi connectivity index (χ0n) is 12.6. The third kappa shape index (κ3) is 2.90. The number of hydrogen-bond acceptors (Lipinski definition) is 3. The van der Waals surface area contributed by atoms with Gasteiger partial charge in [-0.25, -0.2) is 4.79 Å². The number of hydrogen-bond donors (Lipinski definition) is 1. The third-order valence-electron chi connectivity index (χ3n) is 4.10. The standard InChI is InChI=1S/C14H25N3O2S/c1-4-15-13(19)16-7-5-14(6-8-16)17(9-10-20-14)12(18)11(2)3/h11H,4-10H2,1-3H3,(H,15,19). The van der Waals surface area contributed by atoms with Gasteiger partial charge in [0, 0.05) is 37.8 Å². The molecule has 20 heavy (non-hydrogen) atoms. The Kier molecular flexibility index (Phi) is 4.83. The van der Waals surface area contributed by atoms with Gasteiger partial charge in [-0.2, -0.15) is 0 Å². The average Bonchev–Trinajstić information content (AvgIpc) is 2.82. The third-order valence-corrected chi connectivity index (χ3v) is 5.65. The fourth-order valence-corrected chi connectivity index (χ4v) is 4.43. The highest BCUT2D eigenvalue weighted by molar-refractivity contribution is 8.00. The molecule has 114 valence electrons. The summed E-state index contributed by atoms with van der Waals surface area (Å²) in [4.78, 5) is 28.1. The Hall–Kier alpha value is -0.910. The monoisotopic (exact) mass is 299 g/mol. The summed E-state index contributed by atoms with van der Waals surface area (Å²) in [6.07, 6.45) is 1.76. The first kappa shape index (κ1) is 15.5. The van der Waals surface area contributed by atoms with Gasteiger partial charge in [0.1, 0.15) is 0 Å². The van der Waals surface area contributed by atoms with Crippen LogP contribution in [0.15, 0.2) is 0 Å². The predicted molar refractivity (Wildman–Crippen MR) is 81.6 cm³/mol. The van der Waals surface area contributed by atoms with E-state index < -0.39 is 0 Å². The van der Waals surface area contributed by atoms with Crippen molar-refractivity contribution in [3.05, 3.63) is 0 Å². The van der Waals surface area contributed by atoms with Crippen molar-refractivity contribution in [2.45, 2.75) is 38.5 Å². The van der Waals surface area contributed by atoms with Crippen LogP contribution in [-0.4, -0.2) is 58.5 Å². The van der Waals surface area contributed by atoms with Gasteiger partial charge in [0.15, 0.2) is 0 Å². The number of nitrogens with one attached hydrogen (secondary N) is 1. The van der Waals surface area contributed by atoms with Crippen molar-refractivity contribution in [2.24, 2.45) is 5.92 Å². The molecule has 2 fully saturated rings.